The molecule has 2 aliphatic rings. The molecule has 2 amide bonds. The molecule has 1 N–H and O–H groups in total. The first-order valence-electron chi connectivity index (χ1n) is 8.26. The molecule has 1 aromatic rings. The van der Waals surface area contributed by atoms with Gasteiger partial charge in [0, 0.05) is 44.2 Å². The molecule has 2 fully saturated rings. The fraction of sp³-hybridized carbons (Fsp3) is 0.588. The van der Waals surface area contributed by atoms with Crippen LogP contribution in [0.25, 0.3) is 0 Å². The molecule has 124 valence electrons. The van der Waals surface area contributed by atoms with Gasteiger partial charge in [-0.2, -0.15) is 0 Å². The zero-order valence-electron chi connectivity index (χ0n) is 13.2. The van der Waals surface area contributed by atoms with Crippen LogP contribution in [0.15, 0.2) is 24.5 Å². The summed E-state index contributed by atoms with van der Waals surface area (Å²) in [4.78, 5) is 29.5. The van der Waals surface area contributed by atoms with Crippen molar-refractivity contribution in [2.24, 2.45) is 5.92 Å². The second kappa shape index (κ2) is 7.55. The molecule has 23 heavy (non-hydrogen) atoms. The van der Waals surface area contributed by atoms with Gasteiger partial charge in [-0.25, -0.2) is 0 Å². The minimum Gasteiger partial charge on any atom is -0.379 e. The van der Waals surface area contributed by atoms with Crippen LogP contribution < -0.4 is 5.32 Å². The molecule has 0 spiro atoms. The number of hydrogen-bond acceptors (Lipinski definition) is 4. The van der Waals surface area contributed by atoms with E-state index in [-0.39, 0.29) is 23.8 Å². The van der Waals surface area contributed by atoms with Gasteiger partial charge in [0.05, 0.1) is 19.3 Å². The van der Waals surface area contributed by atoms with Crippen LogP contribution in [0.3, 0.4) is 0 Å². The summed E-state index contributed by atoms with van der Waals surface area (Å²) in [5.74, 6) is 0.451. The number of nitrogens with zero attached hydrogens (tertiary/aromatic N) is 2. The van der Waals surface area contributed by atoms with Gasteiger partial charge in [-0.1, -0.05) is 0 Å². The van der Waals surface area contributed by atoms with Crippen molar-refractivity contribution in [1.29, 1.82) is 0 Å². The van der Waals surface area contributed by atoms with Crippen molar-refractivity contribution in [1.82, 2.24) is 15.2 Å². The predicted molar refractivity (Wildman–Crippen MR) is 84.6 cm³/mol. The van der Waals surface area contributed by atoms with Gasteiger partial charge in [0.25, 0.3) is 0 Å². The van der Waals surface area contributed by atoms with E-state index in [4.69, 9.17) is 4.74 Å². The Balaban J connectivity index is 1.46. The molecule has 0 bridgehead atoms. The Morgan fingerprint density at radius 2 is 2.17 bits per heavy atom. The van der Waals surface area contributed by atoms with Crippen molar-refractivity contribution in [2.75, 3.05) is 26.3 Å². The molecule has 3 heterocycles. The Morgan fingerprint density at radius 1 is 1.35 bits per heavy atom. The van der Waals surface area contributed by atoms with Gasteiger partial charge in [-0.15, -0.1) is 0 Å². The molecule has 0 unspecified atom stereocenters. The van der Waals surface area contributed by atoms with Crippen LogP contribution in [0.4, 0.5) is 0 Å². The fourth-order valence-corrected chi connectivity index (χ4v) is 3.24. The zero-order chi connectivity index (χ0) is 16.1. The van der Waals surface area contributed by atoms with Crippen LogP contribution in [0.2, 0.25) is 0 Å². The molecule has 2 aliphatic heterocycles. The Morgan fingerprint density at radius 3 is 2.91 bits per heavy atom. The topological polar surface area (TPSA) is 71.5 Å². The van der Waals surface area contributed by atoms with E-state index in [9.17, 15) is 9.59 Å². The highest BCUT2D eigenvalue weighted by molar-refractivity contribution is 5.80. The van der Waals surface area contributed by atoms with Crippen LogP contribution in [0, 0.1) is 5.92 Å². The quantitative estimate of drug-likeness (QED) is 0.841. The third kappa shape index (κ3) is 4.28. The summed E-state index contributed by atoms with van der Waals surface area (Å²) in [5.41, 5.74) is 1.21. The average molecular weight is 317 g/mol. The normalized spacial score (nSPS) is 24.2. The van der Waals surface area contributed by atoms with Crippen LogP contribution >= 0.6 is 0 Å². The first-order valence-corrected chi connectivity index (χ1v) is 8.26. The van der Waals surface area contributed by atoms with E-state index in [1.807, 2.05) is 12.1 Å². The van der Waals surface area contributed by atoms with Gasteiger partial charge in [-0.3, -0.25) is 14.6 Å². The van der Waals surface area contributed by atoms with Crippen LogP contribution in [0.5, 0.6) is 0 Å². The highest BCUT2D eigenvalue weighted by Crippen LogP contribution is 2.19. The third-order valence-corrected chi connectivity index (χ3v) is 4.57. The van der Waals surface area contributed by atoms with E-state index in [0.717, 1.165) is 19.4 Å². The molecular weight excluding hydrogens is 294 g/mol. The van der Waals surface area contributed by atoms with Crippen molar-refractivity contribution in [2.45, 2.75) is 31.7 Å². The summed E-state index contributed by atoms with van der Waals surface area (Å²) < 4.78 is 5.54. The van der Waals surface area contributed by atoms with Gasteiger partial charge in [0.15, 0.2) is 0 Å². The lowest BCUT2D eigenvalue weighted by atomic mass is 9.95. The number of rotatable bonds is 6. The van der Waals surface area contributed by atoms with Crippen molar-refractivity contribution < 1.29 is 14.3 Å². The maximum atomic E-state index is 12.1. The third-order valence-electron chi connectivity index (χ3n) is 4.57. The minimum absolute atomic E-state index is 0.0000663. The molecular formula is C17H23N3O3. The Kier molecular flexibility index (Phi) is 5.23. The Labute approximate surface area is 136 Å². The molecule has 1 aromatic heterocycles. The second-order valence-corrected chi connectivity index (χ2v) is 6.27. The molecule has 0 saturated carbocycles. The highest BCUT2D eigenvalue weighted by Gasteiger charge is 2.30. The summed E-state index contributed by atoms with van der Waals surface area (Å²) in [6.45, 7) is 2.53. The first-order chi connectivity index (χ1) is 11.2. The summed E-state index contributed by atoms with van der Waals surface area (Å²) >= 11 is 0. The molecule has 6 nitrogen and oxygen atoms in total. The van der Waals surface area contributed by atoms with Gasteiger partial charge >= 0.3 is 0 Å². The number of ether oxygens (including phenoxy) is 1. The zero-order valence-corrected chi connectivity index (χ0v) is 13.2. The van der Waals surface area contributed by atoms with Crippen molar-refractivity contribution >= 4 is 11.8 Å². The lowest BCUT2D eigenvalue weighted by Crippen LogP contribution is -2.42. The lowest BCUT2D eigenvalue weighted by molar-refractivity contribution is -0.128. The fourth-order valence-electron chi connectivity index (χ4n) is 3.24. The smallest absolute Gasteiger partial charge is 0.222 e. The molecule has 6 heteroatoms. The Bertz CT molecular complexity index is 549. The standard InChI is InChI=1S/C17H23N3O3/c21-16(5-9-20-8-1-2-17(20)22)19-15-12-23-11-14(15)10-13-3-6-18-7-4-13/h3-4,6-7,14-15H,1-2,5,8-12H2,(H,19,21)/t14-,15-/m1/s1. The van der Waals surface area contributed by atoms with Crippen LogP contribution in [-0.4, -0.2) is 54.0 Å². The number of pyridine rings is 1. The van der Waals surface area contributed by atoms with Gasteiger partial charge < -0.3 is 15.0 Å². The molecule has 2 atom stereocenters. The molecule has 0 aromatic carbocycles. The largest absolute Gasteiger partial charge is 0.379 e. The molecule has 2 saturated heterocycles. The highest BCUT2D eigenvalue weighted by atomic mass is 16.5. The summed E-state index contributed by atoms with van der Waals surface area (Å²) in [6.07, 6.45) is 6.33. The second-order valence-electron chi connectivity index (χ2n) is 6.27. The number of carbonyl (C=O) groups is 2. The summed E-state index contributed by atoms with van der Waals surface area (Å²) in [5, 5.41) is 3.07. The van der Waals surface area contributed by atoms with E-state index in [1.54, 1.807) is 17.3 Å². The van der Waals surface area contributed by atoms with Crippen LogP contribution in [-0.2, 0) is 20.7 Å². The van der Waals surface area contributed by atoms with Crippen molar-refractivity contribution in [3.05, 3.63) is 30.1 Å². The van der Waals surface area contributed by atoms with E-state index in [0.29, 0.717) is 32.6 Å². The summed E-state index contributed by atoms with van der Waals surface area (Å²) in [7, 11) is 0. The van der Waals surface area contributed by atoms with E-state index >= 15 is 0 Å². The maximum absolute atomic E-state index is 12.1. The summed E-state index contributed by atoms with van der Waals surface area (Å²) in [6, 6.07) is 4.04. The average Bonchev–Trinajstić information content (AvgIpc) is 3.16. The Hall–Kier alpha value is -1.95. The number of hydrogen-bond donors (Lipinski definition) is 1. The minimum atomic E-state index is -0.0000663. The molecule has 3 rings (SSSR count). The van der Waals surface area contributed by atoms with Crippen molar-refractivity contribution in [3.8, 4) is 0 Å². The van der Waals surface area contributed by atoms with E-state index in [1.165, 1.54) is 5.56 Å². The predicted octanol–water partition coefficient (Wildman–Crippen LogP) is 0.768. The van der Waals surface area contributed by atoms with Crippen molar-refractivity contribution in [3.63, 3.8) is 0 Å². The van der Waals surface area contributed by atoms with E-state index in [2.05, 4.69) is 10.3 Å². The lowest BCUT2D eigenvalue weighted by Gasteiger charge is -2.20. The number of amides is 2. The molecule has 0 radical (unpaired) electrons. The monoisotopic (exact) mass is 317 g/mol. The number of likely N-dealkylation sites (tertiary alicyclic amines) is 1. The number of nitrogens with one attached hydrogen (secondary N) is 1. The maximum Gasteiger partial charge on any atom is 0.222 e. The number of carbonyl (C=O) groups excluding carboxylic acids is 2. The van der Waals surface area contributed by atoms with E-state index < -0.39 is 0 Å². The van der Waals surface area contributed by atoms with Gasteiger partial charge in [0.1, 0.15) is 0 Å². The van der Waals surface area contributed by atoms with Crippen LogP contribution in [0.1, 0.15) is 24.8 Å². The molecule has 0 aliphatic carbocycles. The SMILES string of the molecule is O=C(CCN1CCCC1=O)N[C@@H]1COC[C@H]1Cc1ccncc1. The first kappa shape index (κ1) is 15.9. The van der Waals surface area contributed by atoms with Gasteiger partial charge in [-0.05, 0) is 30.5 Å². The van der Waals surface area contributed by atoms with Gasteiger partial charge in [0.2, 0.25) is 11.8 Å². The number of aromatic nitrogens is 1.